The lowest BCUT2D eigenvalue weighted by Gasteiger charge is -2.32. The van der Waals surface area contributed by atoms with Crippen molar-refractivity contribution in [2.24, 2.45) is 10.8 Å². The molecule has 2 fully saturated rings. The average Bonchev–Trinajstić information content (AvgIpc) is 2.99. The lowest BCUT2D eigenvalue weighted by atomic mass is 9.71. The molecule has 0 amide bonds. The summed E-state index contributed by atoms with van der Waals surface area (Å²) in [5.74, 6) is 0.193. The van der Waals surface area contributed by atoms with Gasteiger partial charge in [0.1, 0.15) is 0 Å². The highest BCUT2D eigenvalue weighted by molar-refractivity contribution is 5.97. The van der Waals surface area contributed by atoms with E-state index in [-0.39, 0.29) is 22.7 Å². The van der Waals surface area contributed by atoms with E-state index in [2.05, 4.69) is 18.7 Å². The Balaban J connectivity index is 0.000000278. The molecular formula is C23H29NO2. The average molecular weight is 351 g/mol. The van der Waals surface area contributed by atoms with Crippen molar-refractivity contribution in [3.05, 3.63) is 72.3 Å². The molecule has 1 N–H and O–H groups in total. The van der Waals surface area contributed by atoms with Gasteiger partial charge in [-0.2, -0.15) is 0 Å². The van der Waals surface area contributed by atoms with E-state index >= 15 is 0 Å². The van der Waals surface area contributed by atoms with Crippen LogP contribution < -0.4 is 0 Å². The number of hydrogen-bond donors (Lipinski definition) is 1. The fourth-order valence-electron chi connectivity index (χ4n) is 4.57. The summed E-state index contributed by atoms with van der Waals surface area (Å²) in [5.41, 5.74) is 1.08. The van der Waals surface area contributed by atoms with Crippen LogP contribution in [-0.2, 0) is 0 Å². The van der Waals surface area contributed by atoms with Gasteiger partial charge in [0.05, 0.1) is 12.6 Å². The Labute approximate surface area is 156 Å². The molecule has 3 atom stereocenters. The maximum absolute atomic E-state index is 12.3. The maximum Gasteiger partial charge on any atom is 0.176 e. The highest BCUT2D eigenvalue weighted by Crippen LogP contribution is 2.57. The number of aliphatic hydroxyl groups excluding tert-OH is 1. The number of nitrogens with zero attached hydrogens (tertiary/aromatic N) is 1. The Bertz CT molecular complexity index is 671. The molecule has 1 saturated carbocycles. The molecule has 0 spiro atoms. The molecule has 0 aromatic heterocycles. The lowest BCUT2D eigenvalue weighted by Crippen LogP contribution is -2.31. The van der Waals surface area contributed by atoms with Gasteiger partial charge >= 0.3 is 0 Å². The van der Waals surface area contributed by atoms with Crippen LogP contribution in [0, 0.1) is 10.8 Å². The zero-order chi connectivity index (χ0) is 18.6. The number of likely N-dealkylation sites (tertiary alicyclic amines) is 1. The third kappa shape index (κ3) is 4.05. The first-order chi connectivity index (χ1) is 12.4. The summed E-state index contributed by atoms with van der Waals surface area (Å²) in [4.78, 5) is 14.6. The second kappa shape index (κ2) is 7.73. The molecule has 138 valence electrons. The second-order valence-corrected chi connectivity index (χ2v) is 8.27. The van der Waals surface area contributed by atoms with Gasteiger partial charge in [0, 0.05) is 18.7 Å². The zero-order valence-electron chi connectivity index (χ0n) is 15.8. The third-order valence-corrected chi connectivity index (χ3v) is 6.10. The van der Waals surface area contributed by atoms with E-state index in [1.165, 1.54) is 0 Å². The predicted octanol–water partition coefficient (Wildman–Crippen LogP) is 4.04. The predicted molar refractivity (Wildman–Crippen MR) is 105 cm³/mol. The zero-order valence-corrected chi connectivity index (χ0v) is 15.8. The number of rotatable bonds is 3. The van der Waals surface area contributed by atoms with Gasteiger partial charge in [-0.3, -0.25) is 9.69 Å². The molecule has 1 aliphatic carbocycles. The minimum absolute atomic E-state index is 0.142. The normalized spacial score (nSPS) is 30.3. The van der Waals surface area contributed by atoms with E-state index in [0.717, 1.165) is 31.5 Å². The van der Waals surface area contributed by atoms with Crippen molar-refractivity contribution in [2.75, 3.05) is 19.6 Å². The fraction of sp³-hybridized carbons (Fsp3) is 0.435. The Morgan fingerprint density at radius 3 is 1.81 bits per heavy atom. The second-order valence-electron chi connectivity index (χ2n) is 8.27. The molecular weight excluding hydrogens is 322 g/mol. The first-order valence-electron chi connectivity index (χ1n) is 9.41. The van der Waals surface area contributed by atoms with E-state index in [9.17, 15) is 9.90 Å². The first kappa shape index (κ1) is 18.8. The number of carbonyl (C=O) groups excluding carboxylic acids is 1. The third-order valence-electron chi connectivity index (χ3n) is 6.10. The molecule has 0 radical (unpaired) electrons. The van der Waals surface area contributed by atoms with E-state index in [1.807, 2.05) is 66.7 Å². The summed E-state index contributed by atoms with van der Waals surface area (Å²) in [5, 5.41) is 9.93. The molecule has 1 aliphatic heterocycles. The summed E-state index contributed by atoms with van der Waals surface area (Å²) < 4.78 is 0. The fourth-order valence-corrected chi connectivity index (χ4v) is 4.57. The molecule has 2 aliphatic rings. The number of benzene rings is 2. The SMILES string of the molecule is C[C@@]12CC(O)C[C@]1(C)CN(CC(=O)c1ccccc1)C2.c1ccccc1. The Hall–Kier alpha value is -1.97. The summed E-state index contributed by atoms with van der Waals surface area (Å²) in [6, 6.07) is 21.5. The molecule has 2 aromatic rings. The summed E-state index contributed by atoms with van der Waals surface area (Å²) in [6.07, 6.45) is 1.55. The molecule has 1 heterocycles. The van der Waals surface area contributed by atoms with E-state index in [4.69, 9.17) is 0 Å². The monoisotopic (exact) mass is 351 g/mol. The van der Waals surface area contributed by atoms with Gasteiger partial charge in [-0.1, -0.05) is 80.6 Å². The maximum atomic E-state index is 12.3. The van der Waals surface area contributed by atoms with E-state index in [1.54, 1.807) is 0 Å². The quantitative estimate of drug-likeness (QED) is 0.849. The van der Waals surface area contributed by atoms with Gasteiger partial charge in [-0.15, -0.1) is 0 Å². The molecule has 3 nitrogen and oxygen atoms in total. The Morgan fingerprint density at radius 2 is 1.35 bits per heavy atom. The van der Waals surface area contributed by atoms with Crippen LogP contribution in [0.25, 0.3) is 0 Å². The van der Waals surface area contributed by atoms with Gasteiger partial charge in [-0.25, -0.2) is 0 Å². The standard InChI is InChI=1S/C17H23NO2.C6H6/c1-16-8-14(19)9-17(16,2)12-18(11-16)10-15(20)13-6-4-3-5-7-13;1-2-4-6-5-3-1/h3-7,14,19H,8-12H2,1-2H3;1-6H/t14?,16-,17+;. The van der Waals surface area contributed by atoms with Crippen molar-refractivity contribution in [2.45, 2.75) is 32.8 Å². The largest absolute Gasteiger partial charge is 0.393 e. The minimum Gasteiger partial charge on any atom is -0.393 e. The van der Waals surface area contributed by atoms with Crippen LogP contribution in [0.4, 0.5) is 0 Å². The number of aliphatic hydroxyl groups is 1. The first-order valence-corrected chi connectivity index (χ1v) is 9.41. The summed E-state index contributed by atoms with van der Waals surface area (Å²) in [7, 11) is 0. The van der Waals surface area contributed by atoms with Gasteiger partial charge < -0.3 is 5.11 Å². The van der Waals surface area contributed by atoms with Crippen LogP contribution in [0.1, 0.15) is 37.0 Å². The number of fused-ring (bicyclic) bond motifs is 1. The van der Waals surface area contributed by atoms with Crippen LogP contribution >= 0.6 is 0 Å². The van der Waals surface area contributed by atoms with E-state index < -0.39 is 0 Å². The Kier molecular flexibility index (Phi) is 5.59. The van der Waals surface area contributed by atoms with Crippen LogP contribution in [0.15, 0.2) is 66.7 Å². The molecule has 0 bridgehead atoms. The molecule has 3 heteroatoms. The minimum atomic E-state index is -0.169. The highest BCUT2D eigenvalue weighted by Gasteiger charge is 2.57. The molecule has 1 saturated heterocycles. The van der Waals surface area contributed by atoms with Crippen molar-refractivity contribution in [1.29, 1.82) is 0 Å². The number of carbonyl (C=O) groups is 1. The molecule has 26 heavy (non-hydrogen) atoms. The lowest BCUT2D eigenvalue weighted by molar-refractivity contribution is 0.0925. The molecule has 4 rings (SSSR count). The van der Waals surface area contributed by atoms with E-state index in [0.29, 0.717) is 6.54 Å². The van der Waals surface area contributed by atoms with Crippen molar-refractivity contribution < 1.29 is 9.90 Å². The van der Waals surface area contributed by atoms with Gasteiger partial charge in [0.15, 0.2) is 5.78 Å². The number of Topliss-reactive ketones (excluding diaryl/α,β-unsaturated/α-hetero) is 1. The summed E-state index contributed by atoms with van der Waals surface area (Å²) in [6.45, 7) is 6.84. The van der Waals surface area contributed by atoms with Gasteiger partial charge in [0.25, 0.3) is 0 Å². The van der Waals surface area contributed by atoms with Crippen LogP contribution in [-0.4, -0.2) is 41.5 Å². The van der Waals surface area contributed by atoms with Crippen molar-refractivity contribution >= 4 is 5.78 Å². The van der Waals surface area contributed by atoms with Crippen LogP contribution in [0.2, 0.25) is 0 Å². The highest BCUT2D eigenvalue weighted by atomic mass is 16.3. The molecule has 2 aromatic carbocycles. The molecule has 1 unspecified atom stereocenters. The van der Waals surface area contributed by atoms with Crippen molar-refractivity contribution in [3.63, 3.8) is 0 Å². The summed E-state index contributed by atoms with van der Waals surface area (Å²) >= 11 is 0. The number of hydrogen-bond acceptors (Lipinski definition) is 3. The smallest absolute Gasteiger partial charge is 0.176 e. The van der Waals surface area contributed by atoms with Crippen molar-refractivity contribution in [1.82, 2.24) is 4.90 Å². The van der Waals surface area contributed by atoms with Gasteiger partial charge in [-0.05, 0) is 23.7 Å². The van der Waals surface area contributed by atoms with Crippen LogP contribution in [0.5, 0.6) is 0 Å². The van der Waals surface area contributed by atoms with Crippen LogP contribution in [0.3, 0.4) is 0 Å². The number of ketones is 1. The Morgan fingerprint density at radius 1 is 0.923 bits per heavy atom. The van der Waals surface area contributed by atoms with Crippen molar-refractivity contribution in [3.8, 4) is 0 Å². The van der Waals surface area contributed by atoms with Gasteiger partial charge in [0.2, 0.25) is 0 Å². The topological polar surface area (TPSA) is 40.5 Å².